The van der Waals surface area contributed by atoms with Crippen molar-refractivity contribution in [2.75, 3.05) is 5.01 Å². The van der Waals surface area contributed by atoms with Gasteiger partial charge in [0, 0.05) is 0 Å². The van der Waals surface area contributed by atoms with Crippen molar-refractivity contribution >= 4 is 17.1 Å². The molecule has 0 atom stereocenters. The van der Waals surface area contributed by atoms with Crippen LogP contribution in [-0.2, 0) is 0 Å². The zero-order chi connectivity index (χ0) is 14.7. The highest BCUT2D eigenvalue weighted by molar-refractivity contribution is 5.70. The molecule has 0 spiro atoms. The van der Waals surface area contributed by atoms with E-state index in [1.54, 1.807) is 18.2 Å². The first-order valence-electron chi connectivity index (χ1n) is 5.47. The molecule has 0 saturated heterocycles. The van der Waals surface area contributed by atoms with E-state index < -0.39 is 15.6 Å². The summed E-state index contributed by atoms with van der Waals surface area (Å²) in [6.07, 6.45) is 0. The Morgan fingerprint density at radius 1 is 1.00 bits per heavy atom. The third kappa shape index (κ3) is 2.48. The van der Waals surface area contributed by atoms with Crippen molar-refractivity contribution in [2.45, 2.75) is 0 Å². The Balaban J connectivity index is 2.62. The highest BCUT2D eigenvalue weighted by Gasteiger charge is 2.29. The molecule has 0 heterocycles. The summed E-state index contributed by atoms with van der Waals surface area (Å²) >= 11 is 0. The zero-order valence-electron chi connectivity index (χ0n) is 10.0. The SMILES string of the molecule is O=[N+]([O-])c1cc(O)ccc1N(c1ccccc1)[N+](=O)[O-]. The van der Waals surface area contributed by atoms with E-state index in [9.17, 15) is 25.3 Å². The molecular weight excluding hydrogens is 266 g/mol. The van der Waals surface area contributed by atoms with Crippen LogP contribution in [0.1, 0.15) is 0 Å². The molecule has 20 heavy (non-hydrogen) atoms. The van der Waals surface area contributed by atoms with E-state index in [1.165, 1.54) is 12.1 Å². The third-order valence-corrected chi connectivity index (χ3v) is 2.55. The molecule has 0 saturated carbocycles. The van der Waals surface area contributed by atoms with Crippen LogP contribution in [0.5, 0.6) is 5.75 Å². The molecule has 2 aromatic carbocycles. The molecule has 0 unspecified atom stereocenters. The average molecular weight is 275 g/mol. The highest BCUT2D eigenvalue weighted by Crippen LogP contribution is 2.35. The maximum absolute atomic E-state index is 11.2. The van der Waals surface area contributed by atoms with Crippen LogP contribution in [0.2, 0.25) is 0 Å². The van der Waals surface area contributed by atoms with E-state index in [1.807, 2.05) is 0 Å². The van der Waals surface area contributed by atoms with Gasteiger partial charge in [0.2, 0.25) is 0 Å². The van der Waals surface area contributed by atoms with Crippen LogP contribution in [0.25, 0.3) is 0 Å². The second-order valence-electron chi connectivity index (χ2n) is 3.82. The summed E-state index contributed by atoms with van der Waals surface area (Å²) in [6.45, 7) is 0. The van der Waals surface area contributed by atoms with Gasteiger partial charge in [-0.2, -0.15) is 0 Å². The van der Waals surface area contributed by atoms with Gasteiger partial charge in [-0.25, -0.2) is 10.1 Å². The fourth-order valence-electron chi connectivity index (χ4n) is 1.73. The van der Waals surface area contributed by atoms with Gasteiger partial charge >= 0.3 is 5.69 Å². The molecular formula is C12H9N3O5. The summed E-state index contributed by atoms with van der Waals surface area (Å²) < 4.78 is 0. The molecule has 2 rings (SSSR count). The largest absolute Gasteiger partial charge is 0.508 e. The van der Waals surface area contributed by atoms with Crippen LogP contribution in [0, 0.1) is 20.2 Å². The summed E-state index contributed by atoms with van der Waals surface area (Å²) in [6, 6.07) is 10.9. The van der Waals surface area contributed by atoms with Crippen molar-refractivity contribution < 1.29 is 15.1 Å². The van der Waals surface area contributed by atoms with Crippen molar-refractivity contribution in [3.05, 3.63) is 68.8 Å². The summed E-state index contributed by atoms with van der Waals surface area (Å²) in [5.74, 6) is -0.336. The number of anilines is 2. The second kappa shape index (κ2) is 5.22. The maximum Gasteiger partial charge on any atom is 0.302 e. The van der Waals surface area contributed by atoms with Crippen molar-refractivity contribution in [1.82, 2.24) is 0 Å². The number of para-hydroxylation sites is 1. The molecule has 102 valence electrons. The van der Waals surface area contributed by atoms with Gasteiger partial charge in [0.15, 0.2) is 10.7 Å². The third-order valence-electron chi connectivity index (χ3n) is 2.55. The van der Waals surface area contributed by atoms with Gasteiger partial charge in [-0.15, -0.1) is 0 Å². The van der Waals surface area contributed by atoms with Crippen LogP contribution in [-0.4, -0.2) is 15.1 Å². The number of rotatable bonds is 4. The van der Waals surface area contributed by atoms with E-state index >= 15 is 0 Å². The number of nitro benzene ring substituents is 1. The van der Waals surface area contributed by atoms with Gasteiger partial charge in [-0.05, 0) is 24.3 Å². The zero-order valence-corrected chi connectivity index (χ0v) is 10.0. The average Bonchev–Trinajstić information content (AvgIpc) is 2.41. The van der Waals surface area contributed by atoms with Gasteiger partial charge in [-0.3, -0.25) is 10.1 Å². The number of hydrazine groups is 1. The van der Waals surface area contributed by atoms with Crippen LogP contribution < -0.4 is 5.01 Å². The lowest BCUT2D eigenvalue weighted by molar-refractivity contribution is -0.484. The molecule has 0 aliphatic carbocycles. The summed E-state index contributed by atoms with van der Waals surface area (Å²) in [4.78, 5) is 21.4. The lowest BCUT2D eigenvalue weighted by Gasteiger charge is -2.14. The number of hydrogen-bond acceptors (Lipinski definition) is 5. The number of aromatic hydroxyl groups is 1. The number of phenols is 1. The van der Waals surface area contributed by atoms with Crippen LogP contribution in [0.4, 0.5) is 17.1 Å². The van der Waals surface area contributed by atoms with Crippen LogP contribution in [0.3, 0.4) is 0 Å². The highest BCUT2D eigenvalue weighted by atomic mass is 16.7. The number of benzene rings is 2. The predicted octanol–water partition coefficient (Wildman–Crippen LogP) is 2.63. The van der Waals surface area contributed by atoms with Crippen molar-refractivity contribution in [3.63, 3.8) is 0 Å². The number of hydrogen-bond donors (Lipinski definition) is 1. The number of nitrogens with zero attached hydrogens (tertiary/aromatic N) is 3. The Labute approximate surface area is 112 Å². The van der Waals surface area contributed by atoms with Gasteiger partial charge in [0.1, 0.15) is 11.4 Å². The molecule has 0 aliphatic heterocycles. The molecule has 0 aliphatic rings. The van der Waals surface area contributed by atoms with Crippen molar-refractivity contribution in [1.29, 1.82) is 0 Å². The molecule has 0 amide bonds. The number of nitro groups is 2. The minimum absolute atomic E-state index is 0.172. The summed E-state index contributed by atoms with van der Waals surface area (Å²) in [5, 5.41) is 31.3. The quantitative estimate of drug-likeness (QED) is 0.678. The first-order valence-corrected chi connectivity index (χ1v) is 5.47. The Kier molecular flexibility index (Phi) is 3.47. The molecule has 8 nitrogen and oxygen atoms in total. The monoisotopic (exact) mass is 275 g/mol. The van der Waals surface area contributed by atoms with Gasteiger partial charge < -0.3 is 5.11 Å². The topological polar surface area (TPSA) is 110 Å². The Morgan fingerprint density at radius 2 is 1.65 bits per heavy atom. The molecule has 0 aromatic heterocycles. The van der Waals surface area contributed by atoms with E-state index in [-0.39, 0.29) is 17.1 Å². The van der Waals surface area contributed by atoms with Gasteiger partial charge in [0.05, 0.1) is 11.0 Å². The smallest absolute Gasteiger partial charge is 0.302 e. The number of phenolic OH excluding ortho intramolecular Hbond substituents is 1. The minimum Gasteiger partial charge on any atom is -0.508 e. The molecule has 0 fully saturated rings. The van der Waals surface area contributed by atoms with E-state index in [2.05, 4.69) is 0 Å². The van der Waals surface area contributed by atoms with Crippen molar-refractivity contribution in [3.8, 4) is 5.75 Å². The lowest BCUT2D eigenvalue weighted by atomic mass is 10.2. The molecule has 0 radical (unpaired) electrons. The Hall–Kier alpha value is -3.16. The van der Waals surface area contributed by atoms with Crippen LogP contribution in [0.15, 0.2) is 48.5 Å². The van der Waals surface area contributed by atoms with Gasteiger partial charge in [0.25, 0.3) is 0 Å². The first-order chi connectivity index (χ1) is 9.50. The molecule has 1 N–H and O–H groups in total. The summed E-state index contributed by atoms with van der Waals surface area (Å²) in [5.41, 5.74) is -0.610. The second-order valence-corrected chi connectivity index (χ2v) is 3.82. The maximum atomic E-state index is 11.2. The normalized spacial score (nSPS) is 10.0. The fraction of sp³-hybridized carbons (Fsp3) is 0. The Morgan fingerprint density at radius 3 is 2.20 bits per heavy atom. The van der Waals surface area contributed by atoms with Crippen LogP contribution >= 0.6 is 0 Å². The first kappa shape index (κ1) is 13.3. The molecule has 0 bridgehead atoms. The van der Waals surface area contributed by atoms with Gasteiger partial charge in [-0.1, -0.05) is 23.2 Å². The summed E-state index contributed by atoms with van der Waals surface area (Å²) in [7, 11) is 0. The van der Waals surface area contributed by atoms with E-state index in [0.29, 0.717) is 5.01 Å². The van der Waals surface area contributed by atoms with E-state index in [4.69, 9.17) is 0 Å². The standard InChI is InChI=1S/C12H9N3O5/c16-10-6-7-11(12(8-10)14(17)18)13(15(19)20)9-4-2-1-3-5-9/h1-8,16H. The molecule has 8 heteroatoms. The lowest BCUT2D eigenvalue weighted by Crippen LogP contribution is -2.24. The minimum atomic E-state index is -0.783. The Bertz CT molecular complexity index is 659. The van der Waals surface area contributed by atoms with Crippen molar-refractivity contribution in [2.24, 2.45) is 0 Å². The fourth-order valence-corrected chi connectivity index (χ4v) is 1.73. The van der Waals surface area contributed by atoms with E-state index in [0.717, 1.165) is 18.2 Å². The predicted molar refractivity (Wildman–Crippen MR) is 70.3 cm³/mol. The molecule has 2 aromatic rings.